The molecule has 1 heterocycles. The van der Waals surface area contributed by atoms with Crippen LogP contribution in [0.15, 0.2) is 24.3 Å². The Labute approximate surface area is 111 Å². The Bertz CT molecular complexity index is 396. The molecular formula is C14H18F3NO. The zero-order chi connectivity index (χ0) is 13.9. The molecule has 0 bridgehead atoms. The molecule has 1 N–H and O–H groups in total. The molecule has 0 saturated carbocycles. The Balaban J connectivity index is 2.14. The SMILES string of the molecule is CNC(c1ccc(C(F)(F)F)cc1)C1CCCOC1. The van der Waals surface area contributed by atoms with Crippen LogP contribution in [0.1, 0.15) is 30.0 Å². The van der Waals surface area contributed by atoms with Crippen molar-refractivity contribution < 1.29 is 17.9 Å². The van der Waals surface area contributed by atoms with Gasteiger partial charge in [0.1, 0.15) is 0 Å². The van der Waals surface area contributed by atoms with Gasteiger partial charge in [-0.15, -0.1) is 0 Å². The van der Waals surface area contributed by atoms with Crippen LogP contribution in [-0.4, -0.2) is 20.3 Å². The van der Waals surface area contributed by atoms with Gasteiger partial charge >= 0.3 is 6.18 Å². The average molecular weight is 273 g/mol. The van der Waals surface area contributed by atoms with Crippen molar-refractivity contribution in [1.29, 1.82) is 0 Å². The van der Waals surface area contributed by atoms with E-state index in [1.54, 1.807) is 12.1 Å². The lowest BCUT2D eigenvalue weighted by molar-refractivity contribution is -0.137. The molecule has 2 atom stereocenters. The summed E-state index contributed by atoms with van der Waals surface area (Å²) in [4.78, 5) is 0. The Hall–Kier alpha value is -1.07. The van der Waals surface area contributed by atoms with Crippen LogP contribution < -0.4 is 5.32 Å². The molecule has 2 unspecified atom stereocenters. The Kier molecular flexibility index (Phi) is 4.47. The predicted molar refractivity (Wildman–Crippen MR) is 66.8 cm³/mol. The van der Waals surface area contributed by atoms with Crippen molar-refractivity contribution >= 4 is 0 Å². The maximum Gasteiger partial charge on any atom is 0.416 e. The van der Waals surface area contributed by atoms with Gasteiger partial charge in [-0.2, -0.15) is 13.2 Å². The number of alkyl halides is 3. The highest BCUT2D eigenvalue weighted by Gasteiger charge is 2.31. The maximum atomic E-state index is 12.5. The summed E-state index contributed by atoms with van der Waals surface area (Å²) in [6, 6.07) is 5.44. The number of hydrogen-bond donors (Lipinski definition) is 1. The molecule has 0 spiro atoms. The molecule has 1 aromatic rings. The van der Waals surface area contributed by atoms with Gasteiger partial charge in [0.25, 0.3) is 0 Å². The molecular weight excluding hydrogens is 255 g/mol. The van der Waals surface area contributed by atoms with Crippen LogP contribution in [0.25, 0.3) is 0 Å². The zero-order valence-electron chi connectivity index (χ0n) is 10.8. The van der Waals surface area contributed by atoms with E-state index in [0.717, 1.165) is 37.1 Å². The standard InChI is InChI=1S/C14H18F3NO/c1-18-13(11-3-2-8-19-9-11)10-4-6-12(7-5-10)14(15,16)17/h4-7,11,13,18H,2-3,8-9H2,1H3. The molecule has 19 heavy (non-hydrogen) atoms. The van der Waals surface area contributed by atoms with Crippen molar-refractivity contribution in [2.45, 2.75) is 25.1 Å². The molecule has 1 saturated heterocycles. The summed E-state index contributed by atoms with van der Waals surface area (Å²) in [5.41, 5.74) is 0.275. The number of rotatable bonds is 3. The van der Waals surface area contributed by atoms with Gasteiger partial charge in [-0.3, -0.25) is 0 Å². The van der Waals surface area contributed by atoms with Crippen molar-refractivity contribution in [3.63, 3.8) is 0 Å². The van der Waals surface area contributed by atoms with Crippen molar-refractivity contribution in [3.8, 4) is 0 Å². The van der Waals surface area contributed by atoms with Gasteiger partial charge in [-0.25, -0.2) is 0 Å². The molecule has 1 aromatic carbocycles. The normalized spacial score (nSPS) is 22.2. The van der Waals surface area contributed by atoms with E-state index >= 15 is 0 Å². The van der Waals surface area contributed by atoms with Gasteiger partial charge < -0.3 is 10.1 Å². The maximum absolute atomic E-state index is 12.5. The molecule has 0 amide bonds. The number of ether oxygens (including phenoxy) is 1. The first-order chi connectivity index (χ1) is 9.02. The first-order valence-corrected chi connectivity index (χ1v) is 6.44. The van der Waals surface area contributed by atoms with Gasteiger partial charge in [0.2, 0.25) is 0 Å². The average Bonchev–Trinajstić information content (AvgIpc) is 2.40. The van der Waals surface area contributed by atoms with E-state index in [9.17, 15) is 13.2 Å². The van der Waals surface area contributed by atoms with Crippen LogP contribution >= 0.6 is 0 Å². The van der Waals surface area contributed by atoms with Gasteiger partial charge in [0.15, 0.2) is 0 Å². The van der Waals surface area contributed by atoms with E-state index in [4.69, 9.17) is 4.74 Å². The molecule has 1 aliphatic rings. The van der Waals surface area contributed by atoms with E-state index in [1.165, 1.54) is 0 Å². The van der Waals surface area contributed by atoms with Crippen molar-refractivity contribution in [3.05, 3.63) is 35.4 Å². The fraction of sp³-hybridized carbons (Fsp3) is 0.571. The minimum Gasteiger partial charge on any atom is -0.381 e. The third-order valence-corrected chi connectivity index (χ3v) is 3.58. The Morgan fingerprint density at radius 3 is 2.42 bits per heavy atom. The number of hydrogen-bond acceptors (Lipinski definition) is 2. The van der Waals surface area contributed by atoms with Gasteiger partial charge in [-0.05, 0) is 37.6 Å². The van der Waals surface area contributed by atoms with Crippen molar-refractivity contribution in [2.24, 2.45) is 5.92 Å². The minimum atomic E-state index is -4.28. The summed E-state index contributed by atoms with van der Waals surface area (Å²) in [5, 5.41) is 3.19. The highest BCUT2D eigenvalue weighted by atomic mass is 19.4. The quantitative estimate of drug-likeness (QED) is 0.911. The molecule has 106 valence electrons. The zero-order valence-corrected chi connectivity index (χ0v) is 10.8. The van der Waals surface area contributed by atoms with Crippen molar-refractivity contribution in [2.75, 3.05) is 20.3 Å². The lowest BCUT2D eigenvalue weighted by Gasteiger charge is -2.30. The summed E-state index contributed by atoms with van der Waals surface area (Å²) >= 11 is 0. The topological polar surface area (TPSA) is 21.3 Å². The molecule has 1 fully saturated rings. The summed E-state index contributed by atoms with van der Waals surface area (Å²) in [5.74, 6) is 0.315. The van der Waals surface area contributed by atoms with E-state index in [0.29, 0.717) is 12.5 Å². The molecule has 2 nitrogen and oxygen atoms in total. The van der Waals surface area contributed by atoms with Crippen LogP contribution in [0.2, 0.25) is 0 Å². The summed E-state index contributed by atoms with van der Waals surface area (Å²) in [6.45, 7) is 1.44. The third kappa shape index (κ3) is 3.48. The first kappa shape index (κ1) is 14.3. The summed E-state index contributed by atoms with van der Waals surface area (Å²) in [7, 11) is 1.83. The number of halogens is 3. The molecule has 0 aromatic heterocycles. The minimum absolute atomic E-state index is 0.0441. The van der Waals surface area contributed by atoms with E-state index in [2.05, 4.69) is 5.32 Å². The largest absolute Gasteiger partial charge is 0.416 e. The monoisotopic (exact) mass is 273 g/mol. The van der Waals surface area contributed by atoms with E-state index in [-0.39, 0.29) is 6.04 Å². The van der Waals surface area contributed by atoms with Gasteiger partial charge in [0.05, 0.1) is 12.2 Å². The van der Waals surface area contributed by atoms with Crippen LogP contribution in [0, 0.1) is 5.92 Å². The van der Waals surface area contributed by atoms with Gasteiger partial charge in [-0.1, -0.05) is 12.1 Å². The highest BCUT2D eigenvalue weighted by Crippen LogP contribution is 2.32. The molecule has 0 aliphatic carbocycles. The number of benzene rings is 1. The second-order valence-corrected chi connectivity index (χ2v) is 4.86. The van der Waals surface area contributed by atoms with Crippen LogP contribution in [-0.2, 0) is 10.9 Å². The molecule has 0 radical (unpaired) electrons. The second kappa shape index (κ2) is 5.92. The highest BCUT2D eigenvalue weighted by molar-refractivity contribution is 5.27. The third-order valence-electron chi connectivity index (χ3n) is 3.58. The summed E-state index contributed by atoms with van der Waals surface area (Å²) < 4.78 is 43.0. The lowest BCUT2D eigenvalue weighted by Crippen LogP contribution is -2.31. The fourth-order valence-corrected chi connectivity index (χ4v) is 2.58. The molecule has 1 aliphatic heterocycles. The first-order valence-electron chi connectivity index (χ1n) is 6.44. The van der Waals surface area contributed by atoms with Crippen LogP contribution in [0.4, 0.5) is 13.2 Å². The van der Waals surface area contributed by atoms with Crippen LogP contribution in [0.5, 0.6) is 0 Å². The predicted octanol–water partition coefficient (Wildman–Crippen LogP) is 3.39. The lowest BCUT2D eigenvalue weighted by atomic mass is 9.88. The summed E-state index contributed by atoms with van der Waals surface area (Å²) in [6.07, 6.45) is -2.24. The second-order valence-electron chi connectivity index (χ2n) is 4.86. The van der Waals surface area contributed by atoms with E-state index < -0.39 is 11.7 Å². The van der Waals surface area contributed by atoms with Crippen LogP contribution in [0.3, 0.4) is 0 Å². The fourth-order valence-electron chi connectivity index (χ4n) is 2.58. The molecule has 2 rings (SSSR count). The molecule has 5 heteroatoms. The number of nitrogens with one attached hydrogen (secondary N) is 1. The van der Waals surface area contributed by atoms with Crippen molar-refractivity contribution in [1.82, 2.24) is 5.32 Å². The Morgan fingerprint density at radius 1 is 1.26 bits per heavy atom. The van der Waals surface area contributed by atoms with E-state index in [1.807, 2.05) is 7.05 Å². The Morgan fingerprint density at radius 2 is 1.95 bits per heavy atom. The smallest absolute Gasteiger partial charge is 0.381 e. The van der Waals surface area contributed by atoms with Gasteiger partial charge in [0, 0.05) is 18.6 Å².